The third-order valence-corrected chi connectivity index (χ3v) is 7.36. The number of anilines is 1. The van der Waals surface area contributed by atoms with Crippen LogP contribution in [-0.4, -0.2) is 26.8 Å². The molecule has 236 valence electrons. The Kier molecular flexibility index (Phi) is 9.62. The molecule has 0 spiro atoms. The van der Waals surface area contributed by atoms with Crippen LogP contribution in [0.15, 0.2) is 36.4 Å². The van der Waals surface area contributed by atoms with Crippen molar-refractivity contribution >= 4 is 5.95 Å². The van der Waals surface area contributed by atoms with Crippen molar-refractivity contribution < 1.29 is 44.3 Å². The maximum absolute atomic E-state index is 13.8. The van der Waals surface area contributed by atoms with Crippen LogP contribution in [0.2, 0.25) is 0 Å². The van der Waals surface area contributed by atoms with Crippen LogP contribution in [-0.2, 0) is 43.4 Å². The molecule has 4 rings (SSSR count). The third kappa shape index (κ3) is 8.18. The number of ether oxygens (including phenoxy) is 1. The van der Waals surface area contributed by atoms with Gasteiger partial charge >= 0.3 is 18.5 Å². The van der Waals surface area contributed by atoms with Gasteiger partial charge in [0.15, 0.2) is 0 Å². The molecular formula is C28H30F9N5O. The Bertz CT molecular complexity index is 1350. The molecule has 6 nitrogen and oxygen atoms in total. The topological polar surface area (TPSA) is 56.1 Å². The molecule has 15 heteroatoms. The molecule has 1 heterocycles. The summed E-state index contributed by atoms with van der Waals surface area (Å²) in [6, 6.07) is 4.35. The van der Waals surface area contributed by atoms with Gasteiger partial charge in [0, 0.05) is 19.7 Å². The van der Waals surface area contributed by atoms with Gasteiger partial charge < -0.3 is 9.64 Å². The Labute approximate surface area is 241 Å². The number of aryl methyl sites for hydroxylation is 1. The molecule has 0 unspecified atom stereocenters. The Morgan fingerprint density at radius 1 is 0.837 bits per heavy atom. The van der Waals surface area contributed by atoms with E-state index in [1.807, 2.05) is 0 Å². The van der Waals surface area contributed by atoms with E-state index in [1.165, 1.54) is 18.0 Å². The minimum atomic E-state index is -5.08. The Balaban J connectivity index is 1.82. The lowest BCUT2D eigenvalue weighted by molar-refractivity contribution is -0.143. The fraction of sp³-hybridized carbons (Fsp3) is 0.536. The molecular weight excluding hydrogens is 593 g/mol. The van der Waals surface area contributed by atoms with E-state index in [1.54, 1.807) is 6.92 Å². The fourth-order valence-corrected chi connectivity index (χ4v) is 5.43. The first-order valence-corrected chi connectivity index (χ1v) is 13.6. The van der Waals surface area contributed by atoms with Crippen molar-refractivity contribution in [3.63, 3.8) is 0 Å². The lowest BCUT2D eigenvalue weighted by Crippen LogP contribution is -2.27. The summed E-state index contributed by atoms with van der Waals surface area (Å²) in [6.07, 6.45) is -11.0. The molecule has 1 aliphatic rings. The SMILES string of the molecule is CCO[C@@H](c1ccc(C(F)(F)F)cc1CN(Cc1cc(C(F)(F)F)cc(C(F)(F)F)c1)c1nnn(C)n1)C1CCCCC1. The average Bonchev–Trinajstić information content (AvgIpc) is 3.36. The van der Waals surface area contributed by atoms with Crippen molar-refractivity contribution in [1.29, 1.82) is 0 Å². The number of alkyl halides is 9. The second kappa shape index (κ2) is 12.7. The first-order chi connectivity index (χ1) is 20.1. The molecule has 1 fully saturated rings. The molecule has 0 radical (unpaired) electrons. The van der Waals surface area contributed by atoms with Crippen LogP contribution in [0.5, 0.6) is 0 Å². The van der Waals surface area contributed by atoms with Gasteiger partial charge in [-0.25, -0.2) is 0 Å². The zero-order valence-electron chi connectivity index (χ0n) is 23.3. The monoisotopic (exact) mass is 623 g/mol. The van der Waals surface area contributed by atoms with Crippen LogP contribution in [0.3, 0.4) is 0 Å². The molecule has 0 bridgehead atoms. The van der Waals surface area contributed by atoms with Crippen molar-refractivity contribution in [3.8, 4) is 0 Å². The maximum Gasteiger partial charge on any atom is 0.416 e. The molecule has 3 aromatic rings. The highest BCUT2D eigenvalue weighted by atomic mass is 19.4. The summed E-state index contributed by atoms with van der Waals surface area (Å²) in [4.78, 5) is 2.22. The van der Waals surface area contributed by atoms with Crippen molar-refractivity contribution in [2.75, 3.05) is 11.5 Å². The summed E-state index contributed by atoms with van der Waals surface area (Å²) in [5.41, 5.74) is -3.80. The zero-order chi connectivity index (χ0) is 31.6. The highest BCUT2D eigenvalue weighted by Crippen LogP contribution is 2.41. The lowest BCUT2D eigenvalue weighted by Gasteiger charge is -2.33. The summed E-state index contributed by atoms with van der Waals surface area (Å²) in [5, 5.41) is 11.6. The predicted molar refractivity (Wildman–Crippen MR) is 138 cm³/mol. The zero-order valence-corrected chi connectivity index (χ0v) is 23.3. The fourth-order valence-electron chi connectivity index (χ4n) is 5.43. The van der Waals surface area contributed by atoms with Crippen molar-refractivity contribution in [1.82, 2.24) is 20.2 Å². The third-order valence-electron chi connectivity index (χ3n) is 7.36. The van der Waals surface area contributed by atoms with Gasteiger partial charge in [-0.2, -0.15) is 44.3 Å². The summed E-state index contributed by atoms with van der Waals surface area (Å²) >= 11 is 0. The highest BCUT2D eigenvalue weighted by molar-refractivity contribution is 5.42. The van der Waals surface area contributed by atoms with Gasteiger partial charge in [0.2, 0.25) is 0 Å². The number of benzene rings is 2. The Hall–Kier alpha value is -3.36. The highest BCUT2D eigenvalue weighted by Gasteiger charge is 2.38. The number of tetrazole rings is 1. The largest absolute Gasteiger partial charge is 0.416 e. The van der Waals surface area contributed by atoms with E-state index in [2.05, 4.69) is 15.4 Å². The van der Waals surface area contributed by atoms with Crippen LogP contribution < -0.4 is 4.90 Å². The van der Waals surface area contributed by atoms with Crippen LogP contribution in [0, 0.1) is 5.92 Å². The van der Waals surface area contributed by atoms with Crippen molar-refractivity contribution in [2.45, 2.75) is 76.8 Å². The maximum atomic E-state index is 13.8. The second-order valence-corrected chi connectivity index (χ2v) is 10.5. The van der Waals surface area contributed by atoms with E-state index < -0.39 is 53.4 Å². The average molecular weight is 624 g/mol. The molecule has 0 amide bonds. The van der Waals surface area contributed by atoms with E-state index in [4.69, 9.17) is 4.74 Å². The quantitative estimate of drug-likeness (QED) is 0.225. The van der Waals surface area contributed by atoms with E-state index in [0.717, 1.165) is 49.0 Å². The van der Waals surface area contributed by atoms with Gasteiger partial charge in [-0.05, 0) is 77.9 Å². The first-order valence-electron chi connectivity index (χ1n) is 13.6. The van der Waals surface area contributed by atoms with E-state index in [9.17, 15) is 39.5 Å². The summed E-state index contributed by atoms with van der Waals surface area (Å²) in [6.45, 7) is 1.08. The van der Waals surface area contributed by atoms with Gasteiger partial charge in [-0.15, -0.1) is 5.10 Å². The predicted octanol–water partition coefficient (Wildman–Crippen LogP) is 8.13. The number of rotatable bonds is 9. The van der Waals surface area contributed by atoms with Gasteiger partial charge in [0.1, 0.15) is 0 Å². The minimum Gasteiger partial charge on any atom is -0.374 e. The van der Waals surface area contributed by atoms with Gasteiger partial charge in [0.05, 0.1) is 29.8 Å². The molecule has 2 aromatic carbocycles. The summed E-state index contributed by atoms with van der Waals surface area (Å²) < 4.78 is 129. The summed E-state index contributed by atoms with van der Waals surface area (Å²) in [7, 11) is 1.39. The standard InChI is InChI=1S/C28H30F9N5O/c1-3-43-24(18-7-5-4-6-8-18)23-10-9-20(26(29,30)31)13-19(23)16-42(25-38-40-41(2)39-25)15-17-11-21(27(32,33)34)14-22(12-17)28(35,36)37/h9-14,18,24H,3-8,15-16H2,1-2H3/t24-/m1/s1. The smallest absolute Gasteiger partial charge is 0.374 e. The molecule has 0 N–H and O–H groups in total. The lowest BCUT2D eigenvalue weighted by atomic mass is 9.81. The Morgan fingerprint density at radius 3 is 1.95 bits per heavy atom. The number of halogens is 9. The first kappa shape index (κ1) is 32.6. The molecule has 1 saturated carbocycles. The molecule has 1 aliphatic carbocycles. The molecule has 1 aromatic heterocycles. The molecule has 43 heavy (non-hydrogen) atoms. The van der Waals surface area contributed by atoms with E-state index >= 15 is 0 Å². The van der Waals surface area contributed by atoms with E-state index in [-0.39, 0.29) is 36.6 Å². The second-order valence-electron chi connectivity index (χ2n) is 10.5. The van der Waals surface area contributed by atoms with Gasteiger partial charge in [-0.3, -0.25) is 0 Å². The Morgan fingerprint density at radius 2 is 1.44 bits per heavy atom. The van der Waals surface area contributed by atoms with Crippen LogP contribution >= 0.6 is 0 Å². The van der Waals surface area contributed by atoms with Gasteiger partial charge in [0.25, 0.3) is 5.95 Å². The number of nitrogens with zero attached hydrogens (tertiary/aromatic N) is 5. The van der Waals surface area contributed by atoms with Gasteiger partial charge in [-0.1, -0.05) is 30.4 Å². The van der Waals surface area contributed by atoms with Crippen LogP contribution in [0.4, 0.5) is 45.5 Å². The number of hydrogen-bond acceptors (Lipinski definition) is 5. The molecule has 0 saturated heterocycles. The van der Waals surface area contributed by atoms with Crippen LogP contribution in [0.25, 0.3) is 0 Å². The summed E-state index contributed by atoms with van der Waals surface area (Å²) in [5.74, 6) is -0.174. The number of hydrogen-bond donors (Lipinski definition) is 0. The number of aromatic nitrogens is 4. The minimum absolute atomic E-state index is 0.0101. The van der Waals surface area contributed by atoms with Crippen molar-refractivity contribution in [3.05, 3.63) is 69.8 Å². The van der Waals surface area contributed by atoms with Crippen LogP contribution in [0.1, 0.15) is 78.5 Å². The normalized spacial score (nSPS) is 16.0. The molecule has 0 aliphatic heterocycles. The van der Waals surface area contributed by atoms with Crippen molar-refractivity contribution in [2.24, 2.45) is 13.0 Å². The molecule has 1 atom stereocenters. The van der Waals surface area contributed by atoms with E-state index in [0.29, 0.717) is 17.7 Å².